The van der Waals surface area contributed by atoms with Crippen molar-refractivity contribution in [1.82, 2.24) is 0 Å². The van der Waals surface area contributed by atoms with Crippen molar-refractivity contribution < 1.29 is 26.8 Å². The van der Waals surface area contributed by atoms with E-state index in [0.29, 0.717) is 11.3 Å². The zero-order valence-corrected chi connectivity index (χ0v) is 16.4. The minimum atomic E-state index is -3.99. The van der Waals surface area contributed by atoms with Crippen LogP contribution in [0.5, 0.6) is 5.75 Å². The lowest BCUT2D eigenvalue weighted by atomic mass is 10.0. The summed E-state index contributed by atoms with van der Waals surface area (Å²) in [5.41, 5.74) is 1.56. The third-order valence-corrected chi connectivity index (χ3v) is 5.61. The lowest BCUT2D eigenvalue weighted by Gasteiger charge is -2.36. The van der Waals surface area contributed by atoms with Crippen LogP contribution in [0.25, 0.3) is 0 Å². The van der Waals surface area contributed by atoms with Crippen LogP contribution in [0.4, 0.5) is 0 Å². The highest BCUT2D eigenvalue weighted by Gasteiger charge is 2.42. The van der Waals surface area contributed by atoms with Gasteiger partial charge in [-0.1, -0.05) is 17.7 Å². The van der Waals surface area contributed by atoms with Gasteiger partial charge in [-0.05, 0) is 50.2 Å². The molecule has 0 N–H and O–H groups in total. The monoisotopic (exact) mass is 380 g/mol. The molecule has 0 amide bonds. The van der Waals surface area contributed by atoms with Crippen molar-refractivity contribution in [2.24, 2.45) is 0 Å². The molecular weight excluding hydrogens is 356 g/mol. The highest BCUT2D eigenvalue weighted by Crippen LogP contribution is 2.34. The van der Waals surface area contributed by atoms with Gasteiger partial charge in [0.15, 0.2) is 0 Å². The first-order valence-corrected chi connectivity index (χ1v) is 9.44. The highest BCUT2D eigenvalue weighted by molar-refractivity contribution is 7.86. The van der Waals surface area contributed by atoms with Gasteiger partial charge in [0.25, 0.3) is 10.1 Å². The summed E-state index contributed by atoms with van der Waals surface area (Å²) in [6.07, 6.45) is -0.947. The van der Waals surface area contributed by atoms with Gasteiger partial charge in [-0.25, -0.2) is 0 Å². The highest BCUT2D eigenvalue weighted by atomic mass is 32.2. The molecule has 0 spiro atoms. The SMILES string of the molecule is COc1ccc(C(OC)(OC)C(C)OS(=O)(=O)c2ccc(C)cc2)cc1. The number of aryl methyl sites for hydroxylation is 1. The van der Waals surface area contributed by atoms with Crippen LogP contribution >= 0.6 is 0 Å². The maximum absolute atomic E-state index is 12.6. The Morgan fingerprint density at radius 1 is 0.885 bits per heavy atom. The summed E-state index contributed by atoms with van der Waals surface area (Å²) in [5.74, 6) is -0.736. The molecule has 0 heterocycles. The predicted octanol–water partition coefficient (Wildman–Crippen LogP) is 3.24. The number of hydrogen-bond donors (Lipinski definition) is 0. The molecule has 0 saturated carbocycles. The number of rotatable bonds is 8. The largest absolute Gasteiger partial charge is 0.497 e. The average molecular weight is 380 g/mol. The van der Waals surface area contributed by atoms with Gasteiger partial charge in [0.05, 0.1) is 12.0 Å². The summed E-state index contributed by atoms with van der Waals surface area (Å²) in [4.78, 5) is 0.0748. The first-order valence-electron chi connectivity index (χ1n) is 8.04. The number of ether oxygens (including phenoxy) is 3. The van der Waals surface area contributed by atoms with E-state index in [4.69, 9.17) is 18.4 Å². The Bertz CT molecular complexity index is 808. The van der Waals surface area contributed by atoms with Crippen molar-refractivity contribution in [2.75, 3.05) is 21.3 Å². The lowest BCUT2D eigenvalue weighted by Crippen LogP contribution is -2.44. The van der Waals surface area contributed by atoms with Gasteiger partial charge in [-0.2, -0.15) is 8.42 Å². The molecule has 2 aromatic rings. The molecule has 0 saturated heterocycles. The van der Waals surface area contributed by atoms with Crippen LogP contribution in [0.15, 0.2) is 53.4 Å². The molecule has 0 aliphatic carbocycles. The van der Waals surface area contributed by atoms with Crippen molar-refractivity contribution in [2.45, 2.75) is 30.6 Å². The minimum Gasteiger partial charge on any atom is -0.497 e. The van der Waals surface area contributed by atoms with Crippen LogP contribution in [-0.2, 0) is 29.6 Å². The van der Waals surface area contributed by atoms with Crippen LogP contribution in [-0.4, -0.2) is 35.9 Å². The van der Waals surface area contributed by atoms with E-state index in [1.807, 2.05) is 6.92 Å². The van der Waals surface area contributed by atoms with Gasteiger partial charge in [0.1, 0.15) is 11.9 Å². The fourth-order valence-electron chi connectivity index (χ4n) is 2.72. The summed E-state index contributed by atoms with van der Waals surface area (Å²) >= 11 is 0. The Hall–Kier alpha value is -1.93. The molecule has 1 unspecified atom stereocenters. The summed E-state index contributed by atoms with van der Waals surface area (Å²) in [7, 11) is 0.452. The van der Waals surface area contributed by atoms with Gasteiger partial charge < -0.3 is 14.2 Å². The van der Waals surface area contributed by atoms with Crippen LogP contribution in [0.1, 0.15) is 18.1 Å². The second-order valence-corrected chi connectivity index (χ2v) is 7.38. The molecule has 26 heavy (non-hydrogen) atoms. The number of hydrogen-bond acceptors (Lipinski definition) is 6. The second-order valence-electron chi connectivity index (χ2n) is 5.81. The molecule has 2 rings (SSSR count). The van der Waals surface area contributed by atoms with Crippen LogP contribution in [0.3, 0.4) is 0 Å². The van der Waals surface area contributed by atoms with Crippen LogP contribution in [0.2, 0.25) is 0 Å². The Balaban J connectivity index is 2.35. The predicted molar refractivity (Wildman–Crippen MR) is 97.6 cm³/mol. The van der Waals surface area contributed by atoms with Gasteiger partial charge >= 0.3 is 0 Å². The van der Waals surface area contributed by atoms with Gasteiger partial charge in [0.2, 0.25) is 5.79 Å². The van der Waals surface area contributed by atoms with Crippen molar-refractivity contribution in [3.63, 3.8) is 0 Å². The Morgan fingerprint density at radius 2 is 1.42 bits per heavy atom. The third-order valence-electron chi connectivity index (χ3n) is 4.21. The first-order chi connectivity index (χ1) is 12.3. The summed E-state index contributed by atoms with van der Waals surface area (Å²) in [6, 6.07) is 13.4. The van der Waals surface area contributed by atoms with Gasteiger partial charge in [-0.3, -0.25) is 4.18 Å². The van der Waals surface area contributed by atoms with Crippen molar-refractivity contribution in [1.29, 1.82) is 0 Å². The molecule has 0 fully saturated rings. The Morgan fingerprint density at radius 3 is 1.88 bits per heavy atom. The van der Waals surface area contributed by atoms with E-state index in [2.05, 4.69) is 0 Å². The molecule has 6 nitrogen and oxygen atoms in total. The third kappa shape index (κ3) is 4.07. The lowest BCUT2D eigenvalue weighted by molar-refractivity contribution is -0.257. The van der Waals surface area contributed by atoms with E-state index in [1.54, 1.807) is 50.4 Å². The fourth-order valence-corrected chi connectivity index (χ4v) is 3.81. The van der Waals surface area contributed by atoms with Crippen LogP contribution < -0.4 is 4.74 Å². The maximum Gasteiger partial charge on any atom is 0.297 e. The molecule has 0 aromatic heterocycles. The normalized spacial score (nSPS) is 13.4. The Labute approximate surface area is 154 Å². The van der Waals surface area contributed by atoms with E-state index >= 15 is 0 Å². The van der Waals surface area contributed by atoms with Gasteiger partial charge in [-0.15, -0.1) is 0 Å². The molecular formula is C19H24O6S. The van der Waals surface area contributed by atoms with Crippen molar-refractivity contribution in [3.8, 4) is 5.75 Å². The number of methoxy groups -OCH3 is 3. The fraction of sp³-hybridized carbons (Fsp3) is 0.368. The van der Waals surface area contributed by atoms with Crippen molar-refractivity contribution in [3.05, 3.63) is 59.7 Å². The topological polar surface area (TPSA) is 71.1 Å². The summed E-state index contributed by atoms with van der Waals surface area (Å²) in [6.45, 7) is 3.47. The number of benzene rings is 2. The quantitative estimate of drug-likeness (QED) is 0.517. The molecule has 0 bridgehead atoms. The van der Waals surface area contributed by atoms with E-state index in [-0.39, 0.29) is 4.90 Å². The molecule has 0 radical (unpaired) electrons. The van der Waals surface area contributed by atoms with Gasteiger partial charge in [0, 0.05) is 19.8 Å². The zero-order chi connectivity index (χ0) is 19.4. The average Bonchev–Trinajstić information content (AvgIpc) is 2.63. The molecule has 7 heteroatoms. The molecule has 2 aromatic carbocycles. The summed E-state index contributed by atoms with van der Waals surface area (Å²) in [5, 5.41) is 0. The van der Waals surface area contributed by atoms with Crippen molar-refractivity contribution >= 4 is 10.1 Å². The van der Waals surface area contributed by atoms with Crippen LogP contribution in [0, 0.1) is 6.92 Å². The zero-order valence-electron chi connectivity index (χ0n) is 15.6. The summed E-state index contributed by atoms with van der Waals surface area (Å²) < 4.78 is 46.9. The molecule has 0 aliphatic heterocycles. The Kier molecular flexibility index (Phi) is 6.41. The minimum absolute atomic E-state index is 0.0748. The smallest absolute Gasteiger partial charge is 0.297 e. The second kappa shape index (κ2) is 8.18. The molecule has 142 valence electrons. The van der Waals surface area contributed by atoms with E-state index < -0.39 is 22.0 Å². The first kappa shape index (κ1) is 20.4. The van der Waals surface area contributed by atoms with E-state index in [0.717, 1.165) is 5.56 Å². The molecule has 1 atom stereocenters. The van der Waals surface area contributed by atoms with E-state index in [9.17, 15) is 8.42 Å². The van der Waals surface area contributed by atoms with E-state index in [1.165, 1.54) is 26.4 Å². The standard InChI is InChI=1S/C19H24O6S/c1-14-6-12-18(13-7-14)26(20,21)25-15(2)19(23-4,24-5)16-8-10-17(22-3)11-9-16/h6-13,15H,1-5H3. The molecule has 0 aliphatic rings. The maximum atomic E-state index is 12.6.